The predicted molar refractivity (Wildman–Crippen MR) is 71.8 cm³/mol. The Morgan fingerprint density at radius 3 is 2.31 bits per heavy atom. The Kier molecular flexibility index (Phi) is 4.69. The van der Waals surface area contributed by atoms with Crippen LogP contribution in [0, 0.1) is 0 Å². The molecule has 0 amide bonds. The van der Waals surface area contributed by atoms with Gasteiger partial charge < -0.3 is 0 Å². The topological polar surface area (TPSA) is 0 Å². The molecule has 72 valence electrons. The predicted octanol–water partition coefficient (Wildman–Crippen LogP) is 5.46. The summed E-state index contributed by atoms with van der Waals surface area (Å²) in [6.45, 7) is 4.27. The quantitative estimate of drug-likeness (QED) is 0.590. The van der Waals surface area contributed by atoms with Gasteiger partial charge in [-0.3, -0.25) is 0 Å². The minimum atomic E-state index is 0.900. The van der Waals surface area contributed by atoms with E-state index in [1.165, 1.54) is 20.5 Å². The summed E-state index contributed by atoms with van der Waals surface area (Å²) in [6.07, 6.45) is 0. The van der Waals surface area contributed by atoms with E-state index in [0.717, 1.165) is 9.12 Å². The molecule has 4 heteroatoms. The van der Waals surface area contributed by atoms with Gasteiger partial charge in [0.1, 0.15) is 0 Å². The zero-order chi connectivity index (χ0) is 10.0. The molecule has 1 aromatic rings. The molecular formula is C9H9Br3S. The highest BCUT2D eigenvalue weighted by atomic mass is 79.9. The van der Waals surface area contributed by atoms with Gasteiger partial charge in [0.2, 0.25) is 0 Å². The van der Waals surface area contributed by atoms with E-state index in [4.69, 9.17) is 0 Å². The van der Waals surface area contributed by atoms with Crippen LogP contribution in [-0.4, -0.2) is 5.33 Å². The van der Waals surface area contributed by atoms with E-state index >= 15 is 0 Å². The van der Waals surface area contributed by atoms with E-state index in [-0.39, 0.29) is 0 Å². The summed E-state index contributed by atoms with van der Waals surface area (Å²) in [5.74, 6) is 0. The Morgan fingerprint density at radius 1 is 1.38 bits per heavy atom. The van der Waals surface area contributed by atoms with Crippen LogP contribution in [0.1, 0.15) is 19.4 Å². The van der Waals surface area contributed by atoms with Crippen LogP contribution in [0.4, 0.5) is 0 Å². The van der Waals surface area contributed by atoms with E-state index in [2.05, 4.69) is 67.7 Å². The van der Waals surface area contributed by atoms with Crippen molar-refractivity contribution in [3.05, 3.63) is 24.8 Å². The molecule has 0 aliphatic heterocycles. The molecule has 1 rings (SSSR count). The number of allylic oxidation sites excluding steroid dienone is 2. The highest BCUT2D eigenvalue weighted by Gasteiger charge is 2.10. The van der Waals surface area contributed by atoms with Crippen molar-refractivity contribution in [3.8, 4) is 0 Å². The van der Waals surface area contributed by atoms with E-state index in [1.807, 2.05) is 0 Å². The Hall–Kier alpha value is 0.880. The molecule has 0 aromatic carbocycles. The molecule has 0 aliphatic rings. The monoisotopic (exact) mass is 386 g/mol. The SMILES string of the molecule is CC(C)=C(CBr)c1cc(Br)sc1Br. The lowest BCUT2D eigenvalue weighted by Crippen LogP contribution is -1.86. The first-order valence-electron chi connectivity index (χ1n) is 3.73. The third kappa shape index (κ3) is 2.91. The van der Waals surface area contributed by atoms with E-state index in [0.29, 0.717) is 0 Å². The molecule has 0 N–H and O–H groups in total. The first-order chi connectivity index (χ1) is 6.06. The number of halogens is 3. The summed E-state index contributed by atoms with van der Waals surface area (Å²) in [4.78, 5) is 0. The van der Waals surface area contributed by atoms with Crippen molar-refractivity contribution in [1.82, 2.24) is 0 Å². The van der Waals surface area contributed by atoms with Gasteiger partial charge in [-0.2, -0.15) is 0 Å². The first kappa shape index (κ1) is 12.0. The average molecular weight is 389 g/mol. The maximum Gasteiger partial charge on any atom is 0.0785 e. The number of rotatable bonds is 2. The van der Waals surface area contributed by atoms with Crippen LogP contribution in [0.2, 0.25) is 0 Å². The molecule has 0 saturated heterocycles. The first-order valence-corrected chi connectivity index (χ1v) is 7.26. The second-order valence-corrected chi connectivity index (χ2v) is 7.16. The van der Waals surface area contributed by atoms with Gasteiger partial charge in [-0.15, -0.1) is 11.3 Å². The van der Waals surface area contributed by atoms with Crippen molar-refractivity contribution in [1.29, 1.82) is 0 Å². The van der Waals surface area contributed by atoms with Crippen molar-refractivity contribution in [2.24, 2.45) is 0 Å². The molecule has 0 unspecified atom stereocenters. The molecule has 0 bridgehead atoms. The minimum absolute atomic E-state index is 0.900. The fourth-order valence-electron chi connectivity index (χ4n) is 1.02. The van der Waals surface area contributed by atoms with Crippen LogP contribution in [0.15, 0.2) is 19.2 Å². The zero-order valence-corrected chi connectivity index (χ0v) is 12.9. The highest BCUT2D eigenvalue weighted by molar-refractivity contribution is 9.12. The Balaban J connectivity index is 3.20. The molecule has 0 atom stereocenters. The van der Waals surface area contributed by atoms with Crippen molar-refractivity contribution in [3.63, 3.8) is 0 Å². The summed E-state index contributed by atoms with van der Waals surface area (Å²) in [6, 6.07) is 2.15. The van der Waals surface area contributed by atoms with Crippen LogP contribution >= 0.6 is 59.1 Å². The molecule has 0 nitrogen and oxygen atoms in total. The zero-order valence-electron chi connectivity index (χ0n) is 7.33. The third-order valence-electron chi connectivity index (χ3n) is 1.72. The summed E-state index contributed by atoms with van der Waals surface area (Å²) < 4.78 is 2.35. The number of thiophene rings is 1. The summed E-state index contributed by atoms with van der Waals surface area (Å²) >= 11 is 12.3. The summed E-state index contributed by atoms with van der Waals surface area (Å²) in [5, 5.41) is 0.900. The van der Waals surface area contributed by atoms with Crippen LogP contribution in [-0.2, 0) is 0 Å². The number of hydrogen-bond donors (Lipinski definition) is 0. The van der Waals surface area contributed by atoms with Crippen LogP contribution < -0.4 is 0 Å². The summed E-state index contributed by atoms with van der Waals surface area (Å²) in [5.41, 5.74) is 3.99. The smallest absolute Gasteiger partial charge is 0.0785 e. The van der Waals surface area contributed by atoms with Gasteiger partial charge >= 0.3 is 0 Å². The van der Waals surface area contributed by atoms with Gasteiger partial charge in [0.25, 0.3) is 0 Å². The molecule has 0 aliphatic carbocycles. The van der Waals surface area contributed by atoms with Gasteiger partial charge in [-0.25, -0.2) is 0 Å². The highest BCUT2D eigenvalue weighted by Crippen LogP contribution is 2.37. The van der Waals surface area contributed by atoms with Crippen LogP contribution in [0.5, 0.6) is 0 Å². The molecule has 0 radical (unpaired) electrons. The Morgan fingerprint density at radius 2 is 2.00 bits per heavy atom. The lowest BCUT2D eigenvalue weighted by atomic mass is 10.1. The normalized spacial score (nSPS) is 10.2. The van der Waals surface area contributed by atoms with E-state index < -0.39 is 0 Å². The number of alkyl halides is 1. The minimum Gasteiger partial charge on any atom is -0.121 e. The maximum atomic E-state index is 3.56. The number of hydrogen-bond acceptors (Lipinski definition) is 1. The second kappa shape index (κ2) is 5.10. The Labute approximate surface area is 108 Å². The molecule has 13 heavy (non-hydrogen) atoms. The third-order valence-corrected chi connectivity index (χ3v) is 4.62. The molecule has 0 saturated carbocycles. The largest absolute Gasteiger partial charge is 0.121 e. The van der Waals surface area contributed by atoms with Gasteiger partial charge in [0.05, 0.1) is 7.57 Å². The fraction of sp³-hybridized carbons (Fsp3) is 0.333. The van der Waals surface area contributed by atoms with Crippen molar-refractivity contribution in [2.75, 3.05) is 5.33 Å². The van der Waals surface area contributed by atoms with Crippen LogP contribution in [0.3, 0.4) is 0 Å². The average Bonchev–Trinajstić information content (AvgIpc) is 2.31. The summed E-state index contributed by atoms with van der Waals surface area (Å²) in [7, 11) is 0. The van der Waals surface area contributed by atoms with E-state index in [9.17, 15) is 0 Å². The second-order valence-electron chi connectivity index (χ2n) is 2.85. The van der Waals surface area contributed by atoms with Gasteiger partial charge in [0.15, 0.2) is 0 Å². The molecule has 1 aromatic heterocycles. The van der Waals surface area contributed by atoms with Gasteiger partial charge in [-0.1, -0.05) is 21.5 Å². The van der Waals surface area contributed by atoms with Crippen molar-refractivity contribution < 1.29 is 0 Å². The molecule has 1 heterocycles. The molecule has 0 fully saturated rings. The standard InChI is InChI=1S/C9H9Br3S/c1-5(2)7(4-10)6-3-8(11)13-9(6)12/h3H,4H2,1-2H3. The maximum absolute atomic E-state index is 3.56. The van der Waals surface area contributed by atoms with Crippen LogP contribution in [0.25, 0.3) is 5.57 Å². The lowest BCUT2D eigenvalue weighted by Gasteiger charge is -2.04. The fourth-order valence-corrected chi connectivity index (χ4v) is 4.77. The Bertz CT molecular complexity index is 335. The van der Waals surface area contributed by atoms with Crippen molar-refractivity contribution >= 4 is 64.7 Å². The van der Waals surface area contributed by atoms with E-state index in [1.54, 1.807) is 11.3 Å². The lowest BCUT2D eigenvalue weighted by molar-refractivity contribution is 1.38. The van der Waals surface area contributed by atoms with Gasteiger partial charge in [-0.05, 0) is 57.3 Å². The van der Waals surface area contributed by atoms with Gasteiger partial charge in [0, 0.05) is 10.9 Å². The molecular weight excluding hydrogens is 380 g/mol. The van der Waals surface area contributed by atoms with Crippen molar-refractivity contribution in [2.45, 2.75) is 13.8 Å². The molecule has 0 spiro atoms.